The molecule has 0 aromatic carbocycles. The second kappa shape index (κ2) is 19.9. The smallest absolute Gasteiger partial charge is 0.466 e. The Balaban J connectivity index is 0.000000385. The summed E-state index contributed by atoms with van der Waals surface area (Å²) < 4.78 is 138. The zero-order valence-corrected chi connectivity index (χ0v) is 29.1. The Kier molecular flexibility index (Phi) is 17.8. The van der Waals surface area contributed by atoms with Crippen molar-refractivity contribution in [2.24, 2.45) is 17.8 Å². The van der Waals surface area contributed by atoms with Crippen molar-refractivity contribution < 1.29 is 84.9 Å². The van der Waals surface area contributed by atoms with Crippen molar-refractivity contribution in [3.05, 3.63) is 23.7 Å². The zero-order chi connectivity index (χ0) is 38.3. The van der Waals surface area contributed by atoms with Gasteiger partial charge < -0.3 is 22.6 Å². The number of hydrogen-bond donors (Lipinski definition) is 0. The van der Waals surface area contributed by atoms with Crippen molar-refractivity contribution in [2.45, 2.75) is 96.0 Å². The number of carbonyl (C=O) groups excluding carboxylic acids is 4. The summed E-state index contributed by atoms with van der Waals surface area (Å²) in [5.41, 5.74) is -11.0. The fourth-order valence-electron chi connectivity index (χ4n) is 4.66. The monoisotopic (exact) mass is 774 g/mol. The number of allylic oxidation sites excluding steroid dienone is 3. The van der Waals surface area contributed by atoms with Gasteiger partial charge in [-0.3, -0.25) is 19.2 Å². The van der Waals surface area contributed by atoms with Gasteiger partial charge in [0.15, 0.2) is 0 Å². The normalized spacial score (nSPS) is 21.4. The van der Waals surface area contributed by atoms with Gasteiger partial charge in [-0.15, -0.1) is 0 Å². The van der Waals surface area contributed by atoms with Crippen molar-refractivity contribution in [1.29, 1.82) is 0 Å². The van der Waals surface area contributed by atoms with Crippen LogP contribution in [0, 0.1) is 17.8 Å². The maximum atomic E-state index is 12.1. The molecule has 3 rings (SSSR count). The first-order chi connectivity index (χ1) is 23.1. The summed E-state index contributed by atoms with van der Waals surface area (Å²) in [6, 6.07) is 0. The minimum Gasteiger partial charge on any atom is -0.466 e. The van der Waals surface area contributed by atoms with Gasteiger partial charge >= 0.3 is 49.2 Å². The third-order valence-corrected chi connectivity index (χ3v) is 8.97. The minimum absolute atomic E-state index is 0.0330. The van der Waals surface area contributed by atoms with Gasteiger partial charge in [0.1, 0.15) is 17.3 Å². The molecule has 0 saturated heterocycles. The van der Waals surface area contributed by atoms with Gasteiger partial charge in [0, 0.05) is 25.7 Å². The van der Waals surface area contributed by atoms with Crippen LogP contribution in [0.5, 0.6) is 0 Å². The van der Waals surface area contributed by atoms with Gasteiger partial charge in [-0.2, -0.15) is 43.2 Å². The number of hydrogen-bond acceptors (Lipinski definition) is 13. The highest BCUT2D eigenvalue weighted by Crippen LogP contribution is 2.33. The van der Waals surface area contributed by atoms with Gasteiger partial charge in [0.25, 0.3) is 0 Å². The van der Waals surface area contributed by atoms with E-state index in [2.05, 4.69) is 8.37 Å². The summed E-state index contributed by atoms with van der Waals surface area (Å²) in [6.45, 7) is 5.67. The molecular formula is C29H40F6O13S2. The Morgan fingerprint density at radius 1 is 0.680 bits per heavy atom. The molecular weight excluding hydrogens is 734 g/mol. The van der Waals surface area contributed by atoms with Crippen LogP contribution in [0.15, 0.2) is 23.7 Å². The Bertz CT molecular complexity index is 1450. The summed E-state index contributed by atoms with van der Waals surface area (Å²) >= 11 is 0. The topological polar surface area (TPSA) is 183 Å². The first-order valence-electron chi connectivity index (χ1n) is 15.5. The third-order valence-electron chi connectivity index (χ3n) is 6.97. The summed E-state index contributed by atoms with van der Waals surface area (Å²) in [4.78, 5) is 45.0. The van der Waals surface area contributed by atoms with E-state index in [0.29, 0.717) is 38.7 Å². The number of ketones is 1. The molecule has 3 aliphatic rings. The van der Waals surface area contributed by atoms with Crippen LogP contribution in [0.1, 0.15) is 85.0 Å². The number of carbonyl (C=O) groups is 4. The van der Waals surface area contributed by atoms with Gasteiger partial charge in [-0.25, -0.2) is 0 Å². The lowest BCUT2D eigenvalue weighted by molar-refractivity contribution is -0.151. The third kappa shape index (κ3) is 14.9. The number of Topliss-reactive ketones (excluding diaryl/α,β-unsaturated/α-hetero) is 1. The maximum Gasteiger partial charge on any atom is 0.534 e. The Hall–Kier alpha value is -3.36. The lowest BCUT2D eigenvalue weighted by Crippen LogP contribution is -2.27. The molecule has 0 amide bonds. The molecule has 0 aliphatic heterocycles. The first kappa shape index (κ1) is 44.7. The molecule has 3 aliphatic carbocycles. The second-order valence-electron chi connectivity index (χ2n) is 10.8. The summed E-state index contributed by atoms with van der Waals surface area (Å²) in [7, 11) is -11.4. The van der Waals surface area contributed by atoms with Gasteiger partial charge in [-0.05, 0) is 71.4 Å². The highest BCUT2D eigenvalue weighted by molar-refractivity contribution is 7.88. The van der Waals surface area contributed by atoms with Crippen molar-refractivity contribution >= 4 is 43.9 Å². The van der Waals surface area contributed by atoms with Crippen molar-refractivity contribution in [3.63, 3.8) is 0 Å². The molecule has 0 aromatic heterocycles. The van der Waals surface area contributed by atoms with Gasteiger partial charge in [0.05, 0.1) is 37.6 Å². The molecule has 0 radical (unpaired) electrons. The second-order valence-corrected chi connectivity index (χ2v) is 13.9. The van der Waals surface area contributed by atoms with Crippen molar-refractivity contribution in [3.8, 4) is 0 Å². The Morgan fingerprint density at radius 2 is 1.14 bits per heavy atom. The van der Waals surface area contributed by atoms with E-state index in [4.69, 9.17) is 14.2 Å². The molecule has 3 unspecified atom stereocenters. The molecule has 0 bridgehead atoms. The molecule has 1 fully saturated rings. The van der Waals surface area contributed by atoms with E-state index < -0.39 is 55.0 Å². The number of halogens is 6. The van der Waals surface area contributed by atoms with E-state index in [1.807, 2.05) is 0 Å². The largest absolute Gasteiger partial charge is 0.534 e. The summed E-state index contributed by atoms with van der Waals surface area (Å²) in [6.07, 6.45) is 6.18. The van der Waals surface area contributed by atoms with E-state index >= 15 is 0 Å². The zero-order valence-electron chi connectivity index (χ0n) is 27.5. The summed E-state index contributed by atoms with van der Waals surface area (Å²) in [5, 5.41) is 0. The molecule has 0 heterocycles. The highest BCUT2D eigenvalue weighted by Gasteiger charge is 2.50. The van der Waals surface area contributed by atoms with Crippen LogP contribution >= 0.6 is 0 Å². The number of esters is 3. The van der Waals surface area contributed by atoms with E-state index in [-0.39, 0.29) is 61.7 Å². The van der Waals surface area contributed by atoms with E-state index in [0.717, 1.165) is 18.9 Å². The molecule has 13 nitrogen and oxygen atoms in total. The average Bonchev–Trinajstić information content (AvgIpc) is 3.01. The molecule has 0 N–H and O–H groups in total. The molecule has 0 aromatic rings. The quantitative estimate of drug-likeness (QED) is 0.0892. The molecule has 288 valence electrons. The lowest BCUT2D eigenvalue weighted by atomic mass is 9.88. The van der Waals surface area contributed by atoms with Crippen molar-refractivity contribution in [2.75, 3.05) is 19.8 Å². The minimum atomic E-state index is -5.68. The predicted octanol–water partition coefficient (Wildman–Crippen LogP) is 5.51. The van der Waals surface area contributed by atoms with E-state index in [1.54, 1.807) is 20.8 Å². The molecule has 0 spiro atoms. The fourth-order valence-corrected chi connectivity index (χ4v) is 5.68. The van der Waals surface area contributed by atoms with Gasteiger partial charge in [0.2, 0.25) is 0 Å². The number of alkyl halides is 6. The van der Waals surface area contributed by atoms with E-state index in [9.17, 15) is 62.4 Å². The number of rotatable bonds is 10. The predicted molar refractivity (Wildman–Crippen MR) is 160 cm³/mol. The van der Waals surface area contributed by atoms with Gasteiger partial charge in [-0.1, -0.05) is 0 Å². The molecule has 1 saturated carbocycles. The molecule has 21 heteroatoms. The van der Waals surface area contributed by atoms with Crippen LogP contribution in [0.25, 0.3) is 0 Å². The van der Waals surface area contributed by atoms with Crippen LogP contribution in [0.2, 0.25) is 0 Å². The maximum absolute atomic E-state index is 12.1. The van der Waals surface area contributed by atoms with Crippen LogP contribution in [-0.4, -0.2) is 71.4 Å². The fraction of sp³-hybridized carbons (Fsp3) is 0.724. The standard InChI is InChI=1S/2C10H13F3O5S.C9H14O3/c2*1-2-17-9(14)7-4-3-5-8(6-7)18-19(15,16)10(11,12)13;1-2-12-9(11)7-4-3-5-8(10)6-7/h6-7H,2-5H2,1H3;5,7H,2-4,6H2,1H3;7H,2-6H2,1H3. The highest BCUT2D eigenvalue weighted by atomic mass is 32.2. The average molecular weight is 775 g/mol. The number of ether oxygens (including phenoxy) is 3. The van der Waals surface area contributed by atoms with Crippen LogP contribution in [0.3, 0.4) is 0 Å². The first-order valence-corrected chi connectivity index (χ1v) is 18.3. The van der Waals surface area contributed by atoms with Crippen molar-refractivity contribution in [1.82, 2.24) is 0 Å². The SMILES string of the molecule is CCOC(=O)C1C=C(OS(=O)(=O)C(F)(F)F)CCC1.CCOC(=O)C1CCC=C(OS(=O)(=O)C(F)(F)F)C1.CCOC(=O)C1CCCC(=O)C1. The summed E-state index contributed by atoms with van der Waals surface area (Å²) in [5.74, 6) is -3.54. The Morgan fingerprint density at radius 3 is 1.62 bits per heavy atom. The Labute approximate surface area is 285 Å². The van der Waals surface area contributed by atoms with Crippen LogP contribution in [-0.2, 0) is 62.0 Å². The molecule has 3 atom stereocenters. The molecule has 50 heavy (non-hydrogen) atoms. The van der Waals surface area contributed by atoms with Crippen LogP contribution in [0.4, 0.5) is 26.3 Å². The lowest BCUT2D eigenvalue weighted by Gasteiger charge is -2.21. The van der Waals surface area contributed by atoms with E-state index in [1.165, 1.54) is 6.08 Å². The van der Waals surface area contributed by atoms with Crippen LogP contribution < -0.4 is 0 Å².